The highest BCUT2D eigenvalue weighted by Crippen LogP contribution is 2.62. The quantitative estimate of drug-likeness (QED) is 0.579. The van der Waals surface area contributed by atoms with Crippen LogP contribution in [0.2, 0.25) is 0 Å². The van der Waals surface area contributed by atoms with Gasteiger partial charge in [0.25, 0.3) is 0 Å². The summed E-state index contributed by atoms with van der Waals surface area (Å²) in [7, 11) is 0. The molecule has 1 rings (SSSR count). The van der Waals surface area contributed by atoms with Crippen LogP contribution in [0.15, 0.2) is 0 Å². The molecule has 1 fully saturated rings. The minimum Gasteiger partial charge on any atom is -0.0651 e. The summed E-state index contributed by atoms with van der Waals surface area (Å²) in [5.74, 6) is 1.93. The first-order chi connectivity index (χ1) is 6.82. The Morgan fingerprint density at radius 3 is 2.20 bits per heavy atom. The van der Waals surface area contributed by atoms with Crippen molar-refractivity contribution in [1.82, 2.24) is 0 Å². The van der Waals surface area contributed by atoms with Crippen molar-refractivity contribution in [3.8, 4) is 0 Å². The van der Waals surface area contributed by atoms with Crippen molar-refractivity contribution < 1.29 is 0 Å². The number of rotatable bonds is 5. The molecule has 90 valence electrons. The Balaban J connectivity index is 2.36. The molecular formula is C15H30. The summed E-state index contributed by atoms with van der Waals surface area (Å²) < 4.78 is 0. The summed E-state index contributed by atoms with van der Waals surface area (Å²) in [5.41, 5.74) is 1.26. The van der Waals surface area contributed by atoms with E-state index in [0.717, 1.165) is 17.3 Å². The highest BCUT2D eigenvalue weighted by molar-refractivity contribution is 5.03. The highest BCUT2D eigenvalue weighted by atomic mass is 14.6. The van der Waals surface area contributed by atoms with Gasteiger partial charge in [0.1, 0.15) is 0 Å². The second-order valence-electron chi connectivity index (χ2n) is 7.11. The lowest BCUT2D eigenvalue weighted by Crippen LogP contribution is -2.14. The Hall–Kier alpha value is 0. The summed E-state index contributed by atoms with van der Waals surface area (Å²) in [5, 5.41) is 0. The second-order valence-corrected chi connectivity index (χ2v) is 7.11. The zero-order valence-corrected chi connectivity index (χ0v) is 11.7. The molecule has 0 radical (unpaired) electrons. The Kier molecular flexibility index (Phi) is 3.90. The van der Waals surface area contributed by atoms with Gasteiger partial charge in [-0.05, 0) is 41.9 Å². The van der Waals surface area contributed by atoms with E-state index in [4.69, 9.17) is 0 Å². The normalized spacial score (nSPS) is 31.0. The fourth-order valence-corrected chi connectivity index (χ4v) is 3.20. The molecule has 0 spiro atoms. The molecule has 0 aromatic carbocycles. The van der Waals surface area contributed by atoms with E-state index in [-0.39, 0.29) is 0 Å². The molecule has 2 atom stereocenters. The van der Waals surface area contributed by atoms with Crippen molar-refractivity contribution in [3.05, 3.63) is 0 Å². The standard InChI is InChI=1S/C15H30/c1-7-13-11-15(13,12(2)3)10-8-9-14(4,5)6/h12-13H,7-11H2,1-6H3. The van der Waals surface area contributed by atoms with E-state index in [1.54, 1.807) is 0 Å². The van der Waals surface area contributed by atoms with Gasteiger partial charge in [0, 0.05) is 0 Å². The maximum atomic E-state index is 2.42. The lowest BCUT2D eigenvalue weighted by atomic mass is 9.81. The predicted molar refractivity (Wildman–Crippen MR) is 69.0 cm³/mol. The molecule has 1 aliphatic rings. The van der Waals surface area contributed by atoms with Crippen LogP contribution in [-0.4, -0.2) is 0 Å². The zero-order valence-electron chi connectivity index (χ0n) is 11.7. The van der Waals surface area contributed by atoms with E-state index in [2.05, 4.69) is 41.5 Å². The Morgan fingerprint density at radius 1 is 1.27 bits per heavy atom. The zero-order chi connectivity index (χ0) is 11.7. The Labute approximate surface area is 96.8 Å². The minimum absolute atomic E-state index is 0.523. The molecule has 2 unspecified atom stereocenters. The lowest BCUT2D eigenvalue weighted by Gasteiger charge is -2.24. The van der Waals surface area contributed by atoms with Crippen LogP contribution in [0.25, 0.3) is 0 Å². The van der Waals surface area contributed by atoms with Gasteiger partial charge in [-0.3, -0.25) is 0 Å². The third-order valence-electron chi connectivity index (χ3n) is 4.49. The average molecular weight is 210 g/mol. The maximum Gasteiger partial charge on any atom is -0.0243 e. The van der Waals surface area contributed by atoms with Crippen LogP contribution in [0.4, 0.5) is 0 Å². The first-order valence-electron chi connectivity index (χ1n) is 6.82. The Morgan fingerprint density at radius 2 is 1.87 bits per heavy atom. The average Bonchev–Trinajstić information content (AvgIpc) is 2.77. The maximum absolute atomic E-state index is 2.42. The fourth-order valence-electron chi connectivity index (χ4n) is 3.20. The van der Waals surface area contributed by atoms with Crippen LogP contribution in [0.5, 0.6) is 0 Å². The SMILES string of the molecule is CCC1CC1(CCCC(C)(C)C)C(C)C. The highest BCUT2D eigenvalue weighted by Gasteiger charge is 2.53. The fraction of sp³-hybridized carbons (Fsp3) is 1.00. The number of hydrogen-bond donors (Lipinski definition) is 0. The van der Waals surface area contributed by atoms with Gasteiger partial charge in [0.05, 0.1) is 0 Å². The van der Waals surface area contributed by atoms with Gasteiger partial charge in [-0.2, -0.15) is 0 Å². The summed E-state index contributed by atoms with van der Waals surface area (Å²) in [6.07, 6.45) is 7.19. The van der Waals surface area contributed by atoms with Gasteiger partial charge in [-0.15, -0.1) is 0 Å². The van der Waals surface area contributed by atoms with Crippen LogP contribution in [0, 0.1) is 22.7 Å². The molecule has 0 saturated heterocycles. The summed E-state index contributed by atoms with van der Waals surface area (Å²) in [6, 6.07) is 0. The van der Waals surface area contributed by atoms with Crippen LogP contribution >= 0.6 is 0 Å². The van der Waals surface area contributed by atoms with E-state index < -0.39 is 0 Å². The van der Waals surface area contributed by atoms with Crippen LogP contribution < -0.4 is 0 Å². The lowest BCUT2D eigenvalue weighted by molar-refractivity contribution is 0.262. The minimum atomic E-state index is 0.523. The molecule has 0 heteroatoms. The van der Waals surface area contributed by atoms with Gasteiger partial charge >= 0.3 is 0 Å². The summed E-state index contributed by atoms with van der Waals surface area (Å²) >= 11 is 0. The third kappa shape index (κ3) is 3.23. The molecule has 0 nitrogen and oxygen atoms in total. The van der Waals surface area contributed by atoms with E-state index in [1.165, 1.54) is 32.1 Å². The van der Waals surface area contributed by atoms with Gasteiger partial charge in [0.2, 0.25) is 0 Å². The topological polar surface area (TPSA) is 0 Å². The van der Waals surface area contributed by atoms with Crippen molar-refractivity contribution in [1.29, 1.82) is 0 Å². The summed E-state index contributed by atoms with van der Waals surface area (Å²) in [6.45, 7) is 14.3. The van der Waals surface area contributed by atoms with Crippen molar-refractivity contribution in [2.75, 3.05) is 0 Å². The van der Waals surface area contributed by atoms with Crippen LogP contribution in [0.1, 0.15) is 73.6 Å². The second kappa shape index (κ2) is 4.47. The summed E-state index contributed by atoms with van der Waals surface area (Å²) in [4.78, 5) is 0. The largest absolute Gasteiger partial charge is 0.0651 e. The number of hydrogen-bond acceptors (Lipinski definition) is 0. The van der Waals surface area contributed by atoms with E-state index in [0.29, 0.717) is 5.41 Å². The van der Waals surface area contributed by atoms with Crippen molar-refractivity contribution in [2.45, 2.75) is 73.6 Å². The molecule has 0 aromatic heterocycles. The van der Waals surface area contributed by atoms with Gasteiger partial charge < -0.3 is 0 Å². The van der Waals surface area contributed by atoms with Crippen molar-refractivity contribution >= 4 is 0 Å². The van der Waals surface area contributed by atoms with Crippen molar-refractivity contribution in [2.24, 2.45) is 22.7 Å². The monoisotopic (exact) mass is 210 g/mol. The molecule has 1 aliphatic carbocycles. The van der Waals surface area contributed by atoms with Gasteiger partial charge in [-0.1, -0.05) is 54.4 Å². The third-order valence-corrected chi connectivity index (χ3v) is 4.49. The predicted octanol–water partition coefficient (Wildman–Crippen LogP) is 5.28. The van der Waals surface area contributed by atoms with E-state index >= 15 is 0 Å². The molecular weight excluding hydrogens is 180 g/mol. The molecule has 0 N–H and O–H groups in total. The van der Waals surface area contributed by atoms with Gasteiger partial charge in [0.15, 0.2) is 0 Å². The molecule has 1 saturated carbocycles. The molecule has 0 bridgehead atoms. The van der Waals surface area contributed by atoms with Gasteiger partial charge in [-0.25, -0.2) is 0 Å². The van der Waals surface area contributed by atoms with Crippen LogP contribution in [0.3, 0.4) is 0 Å². The molecule has 15 heavy (non-hydrogen) atoms. The first kappa shape index (κ1) is 13.1. The molecule has 0 heterocycles. The first-order valence-corrected chi connectivity index (χ1v) is 6.82. The van der Waals surface area contributed by atoms with E-state index in [9.17, 15) is 0 Å². The molecule has 0 aliphatic heterocycles. The van der Waals surface area contributed by atoms with Crippen LogP contribution in [-0.2, 0) is 0 Å². The smallest absolute Gasteiger partial charge is 0.0243 e. The molecule has 0 amide bonds. The Bertz CT molecular complexity index is 197. The molecule has 0 aromatic rings. The van der Waals surface area contributed by atoms with E-state index in [1.807, 2.05) is 0 Å². The van der Waals surface area contributed by atoms with Crippen molar-refractivity contribution in [3.63, 3.8) is 0 Å².